The third-order valence-electron chi connectivity index (χ3n) is 4.22. The van der Waals surface area contributed by atoms with Gasteiger partial charge in [0.25, 0.3) is 15.7 Å². The highest BCUT2D eigenvalue weighted by molar-refractivity contribution is 9.10. The molecule has 0 atom stereocenters. The number of hydrogen-bond donors (Lipinski definition) is 1. The van der Waals surface area contributed by atoms with Crippen LogP contribution < -0.4 is 14.3 Å². The molecule has 0 fully saturated rings. The van der Waals surface area contributed by atoms with Crippen LogP contribution in [0.5, 0.6) is 11.5 Å². The van der Waals surface area contributed by atoms with E-state index in [0.717, 1.165) is 5.56 Å². The smallest absolute Gasteiger partial charge is 0.276 e. The fraction of sp³-hybridized carbons (Fsp3) is 0.0952. The molecule has 166 valence electrons. The minimum absolute atomic E-state index is 0.000890. The second kappa shape index (κ2) is 10.2. The third kappa shape index (κ3) is 5.83. The number of nitrogens with one attached hydrogen (secondary N) is 1. The number of rotatable bonds is 9. The van der Waals surface area contributed by atoms with E-state index >= 15 is 0 Å². The normalized spacial score (nSPS) is 11.3. The lowest BCUT2D eigenvalue weighted by molar-refractivity contribution is -0.384. The molecule has 0 spiro atoms. The molecule has 0 saturated heterocycles. The van der Waals surface area contributed by atoms with Gasteiger partial charge in [0.2, 0.25) is 0 Å². The molecule has 0 heterocycles. The Kier molecular flexibility index (Phi) is 7.44. The maximum absolute atomic E-state index is 12.2. The highest BCUT2D eigenvalue weighted by atomic mass is 79.9. The Morgan fingerprint density at radius 2 is 1.81 bits per heavy atom. The Morgan fingerprint density at radius 3 is 2.44 bits per heavy atom. The summed E-state index contributed by atoms with van der Waals surface area (Å²) in [5.41, 5.74) is 1.30. The van der Waals surface area contributed by atoms with Crippen LogP contribution in [-0.4, -0.2) is 26.7 Å². The van der Waals surface area contributed by atoms with Gasteiger partial charge in [-0.05, 0) is 63.5 Å². The zero-order valence-corrected chi connectivity index (χ0v) is 19.2. The summed E-state index contributed by atoms with van der Waals surface area (Å²) in [6, 6.07) is 17.2. The molecule has 0 saturated carbocycles. The van der Waals surface area contributed by atoms with Crippen LogP contribution in [0.2, 0.25) is 0 Å². The second-order valence-electron chi connectivity index (χ2n) is 6.41. The summed E-state index contributed by atoms with van der Waals surface area (Å²) >= 11 is 3.42. The molecule has 0 aliphatic rings. The van der Waals surface area contributed by atoms with Gasteiger partial charge >= 0.3 is 0 Å². The van der Waals surface area contributed by atoms with Crippen LogP contribution in [0.4, 0.5) is 5.69 Å². The van der Waals surface area contributed by atoms with Gasteiger partial charge in [0.1, 0.15) is 6.61 Å². The lowest BCUT2D eigenvalue weighted by Gasteiger charge is -2.13. The van der Waals surface area contributed by atoms with E-state index in [2.05, 4.69) is 25.9 Å². The van der Waals surface area contributed by atoms with E-state index in [1.165, 1.54) is 37.6 Å². The van der Waals surface area contributed by atoms with Crippen LogP contribution in [0.1, 0.15) is 11.1 Å². The number of hydrazone groups is 1. The quantitative estimate of drug-likeness (QED) is 0.256. The molecule has 9 nitrogen and oxygen atoms in total. The van der Waals surface area contributed by atoms with Gasteiger partial charge in [0, 0.05) is 12.1 Å². The first kappa shape index (κ1) is 23.2. The molecule has 0 radical (unpaired) electrons. The van der Waals surface area contributed by atoms with Crippen molar-refractivity contribution in [1.29, 1.82) is 0 Å². The van der Waals surface area contributed by atoms with Crippen LogP contribution in [0.3, 0.4) is 0 Å². The number of benzene rings is 3. The minimum Gasteiger partial charge on any atom is -0.493 e. The van der Waals surface area contributed by atoms with Crippen molar-refractivity contribution in [2.75, 3.05) is 7.11 Å². The number of nitrogens with zero attached hydrogens (tertiary/aromatic N) is 2. The lowest BCUT2D eigenvalue weighted by atomic mass is 10.2. The molecule has 3 rings (SSSR count). The molecule has 0 aromatic heterocycles. The number of non-ortho nitro benzene ring substituents is 1. The van der Waals surface area contributed by atoms with Gasteiger partial charge < -0.3 is 9.47 Å². The van der Waals surface area contributed by atoms with E-state index in [1.54, 1.807) is 42.5 Å². The summed E-state index contributed by atoms with van der Waals surface area (Å²) < 4.78 is 36.2. The van der Waals surface area contributed by atoms with Gasteiger partial charge in [0.05, 0.1) is 27.6 Å². The topological polar surface area (TPSA) is 120 Å². The maximum Gasteiger partial charge on any atom is 0.276 e. The Hall–Kier alpha value is -3.44. The zero-order chi connectivity index (χ0) is 23.1. The van der Waals surface area contributed by atoms with Gasteiger partial charge in [-0.3, -0.25) is 10.1 Å². The Balaban J connectivity index is 1.71. The first-order valence-electron chi connectivity index (χ1n) is 9.14. The first-order chi connectivity index (χ1) is 15.3. The lowest BCUT2D eigenvalue weighted by Crippen LogP contribution is -2.18. The van der Waals surface area contributed by atoms with Gasteiger partial charge in [-0.15, -0.1) is 0 Å². The van der Waals surface area contributed by atoms with E-state index < -0.39 is 14.9 Å². The number of halogens is 1. The van der Waals surface area contributed by atoms with Gasteiger partial charge in [-0.25, -0.2) is 4.83 Å². The van der Waals surface area contributed by atoms with Crippen molar-refractivity contribution < 1.29 is 22.8 Å². The minimum atomic E-state index is -3.77. The molecule has 32 heavy (non-hydrogen) atoms. The largest absolute Gasteiger partial charge is 0.493 e. The number of hydrogen-bond acceptors (Lipinski definition) is 7. The predicted octanol–water partition coefficient (Wildman–Crippen LogP) is 4.26. The molecule has 11 heteroatoms. The average Bonchev–Trinajstić information content (AvgIpc) is 2.78. The summed E-state index contributed by atoms with van der Waals surface area (Å²) in [5.74, 6) is 0.821. The first-order valence-corrected chi connectivity index (χ1v) is 11.4. The van der Waals surface area contributed by atoms with Crippen molar-refractivity contribution in [2.24, 2.45) is 5.10 Å². The molecular formula is C21H18BrN3O6S. The Labute approximate surface area is 193 Å². The standard InChI is InChI=1S/C21H18BrN3O6S/c1-30-20-12-16(13-23-24-32(28,29)18-5-3-2-4-6-18)11-19(22)21(20)31-14-15-7-9-17(10-8-15)25(26)27/h2-13,24H,14H2,1H3/b23-13-. The van der Waals surface area contributed by atoms with Crippen molar-refractivity contribution in [1.82, 2.24) is 4.83 Å². The maximum atomic E-state index is 12.2. The van der Waals surface area contributed by atoms with Gasteiger partial charge in [-0.2, -0.15) is 13.5 Å². The highest BCUT2D eigenvalue weighted by Gasteiger charge is 2.14. The Morgan fingerprint density at radius 1 is 1.12 bits per heavy atom. The molecule has 0 aliphatic heterocycles. The molecule has 3 aromatic rings. The van der Waals surface area contributed by atoms with Crippen LogP contribution in [0.25, 0.3) is 0 Å². The van der Waals surface area contributed by atoms with Gasteiger partial charge in [-0.1, -0.05) is 18.2 Å². The zero-order valence-electron chi connectivity index (χ0n) is 16.8. The number of methoxy groups -OCH3 is 1. The van der Waals surface area contributed by atoms with Gasteiger partial charge in [0.15, 0.2) is 11.5 Å². The highest BCUT2D eigenvalue weighted by Crippen LogP contribution is 2.37. The van der Waals surface area contributed by atoms with Crippen LogP contribution in [-0.2, 0) is 16.6 Å². The molecule has 0 aliphatic carbocycles. The second-order valence-corrected chi connectivity index (χ2v) is 8.93. The summed E-state index contributed by atoms with van der Waals surface area (Å²) in [4.78, 5) is 12.6. The predicted molar refractivity (Wildman–Crippen MR) is 122 cm³/mol. The number of nitro benzene ring substituents is 1. The Bertz CT molecular complexity index is 1230. The van der Waals surface area contributed by atoms with Crippen LogP contribution >= 0.6 is 15.9 Å². The molecular weight excluding hydrogens is 502 g/mol. The molecule has 0 unspecified atom stereocenters. The molecule has 1 N–H and O–H groups in total. The average molecular weight is 520 g/mol. The number of nitro groups is 1. The van der Waals surface area contributed by atoms with Crippen molar-refractivity contribution in [2.45, 2.75) is 11.5 Å². The summed E-state index contributed by atoms with van der Waals surface area (Å²) in [6.07, 6.45) is 1.34. The monoisotopic (exact) mass is 519 g/mol. The van der Waals surface area contributed by atoms with Crippen molar-refractivity contribution in [3.63, 3.8) is 0 Å². The van der Waals surface area contributed by atoms with Crippen molar-refractivity contribution in [3.8, 4) is 11.5 Å². The van der Waals surface area contributed by atoms with E-state index in [0.29, 0.717) is 21.5 Å². The number of ether oxygens (including phenoxy) is 2. The van der Waals surface area contributed by atoms with Crippen LogP contribution in [0, 0.1) is 10.1 Å². The van der Waals surface area contributed by atoms with Crippen molar-refractivity contribution in [3.05, 3.63) is 92.4 Å². The van der Waals surface area contributed by atoms with Crippen molar-refractivity contribution >= 4 is 37.9 Å². The fourth-order valence-corrected chi connectivity index (χ4v) is 4.03. The molecule has 0 bridgehead atoms. The molecule has 3 aromatic carbocycles. The number of sulfonamides is 1. The van der Waals surface area contributed by atoms with E-state index in [-0.39, 0.29) is 17.2 Å². The van der Waals surface area contributed by atoms with E-state index in [1.807, 2.05) is 0 Å². The van der Waals surface area contributed by atoms with E-state index in [9.17, 15) is 18.5 Å². The summed E-state index contributed by atoms with van der Waals surface area (Å²) in [6.45, 7) is 0.164. The molecule has 0 amide bonds. The summed E-state index contributed by atoms with van der Waals surface area (Å²) in [7, 11) is -2.30. The third-order valence-corrected chi connectivity index (χ3v) is 6.05. The fourth-order valence-electron chi connectivity index (χ4n) is 2.65. The SMILES string of the molecule is COc1cc(/C=N\NS(=O)(=O)c2ccccc2)cc(Br)c1OCc1ccc([N+](=O)[O-])cc1. The van der Waals surface area contributed by atoms with Crippen LogP contribution in [0.15, 0.2) is 81.2 Å². The summed E-state index contributed by atoms with van der Waals surface area (Å²) in [5, 5.41) is 14.6. The van der Waals surface area contributed by atoms with E-state index in [4.69, 9.17) is 9.47 Å².